The van der Waals surface area contributed by atoms with Crippen molar-refractivity contribution < 1.29 is 18.7 Å². The third-order valence-corrected chi connectivity index (χ3v) is 5.43. The fraction of sp³-hybridized carbons (Fsp3) is 0.417. The van der Waals surface area contributed by atoms with Gasteiger partial charge in [-0.25, -0.2) is 9.18 Å². The smallest absolute Gasteiger partial charge is 0.321 e. The molecule has 2 aromatic rings. The van der Waals surface area contributed by atoms with Gasteiger partial charge in [0.15, 0.2) is 0 Å². The van der Waals surface area contributed by atoms with Crippen molar-refractivity contribution in [2.45, 2.75) is 32.6 Å². The number of rotatable bonds is 8. The van der Waals surface area contributed by atoms with Crippen molar-refractivity contribution in [3.05, 3.63) is 59.9 Å². The van der Waals surface area contributed by atoms with Crippen molar-refractivity contribution in [1.82, 2.24) is 10.2 Å². The Morgan fingerprint density at radius 1 is 1.06 bits per heavy atom. The number of urea groups is 1. The molecule has 1 fully saturated rings. The Balaban J connectivity index is 1.38. The summed E-state index contributed by atoms with van der Waals surface area (Å²) in [7, 11) is 0. The van der Waals surface area contributed by atoms with Crippen LogP contribution in [0.2, 0.25) is 0 Å². The molecule has 0 atom stereocenters. The zero-order chi connectivity index (χ0) is 22.1. The predicted molar refractivity (Wildman–Crippen MR) is 119 cm³/mol. The highest BCUT2D eigenvalue weighted by molar-refractivity contribution is 5.94. The van der Waals surface area contributed by atoms with Crippen LogP contribution in [0.1, 0.15) is 43.0 Å². The van der Waals surface area contributed by atoms with Gasteiger partial charge in [-0.05, 0) is 73.7 Å². The van der Waals surface area contributed by atoms with Gasteiger partial charge in [-0.1, -0.05) is 13.3 Å². The summed E-state index contributed by atoms with van der Waals surface area (Å²) in [6.07, 6.45) is 3.73. The molecule has 0 spiro atoms. The van der Waals surface area contributed by atoms with Crippen LogP contribution in [0.3, 0.4) is 0 Å². The number of nitrogens with zero attached hydrogens (tertiary/aromatic N) is 1. The quantitative estimate of drug-likeness (QED) is 0.601. The lowest BCUT2D eigenvalue weighted by molar-refractivity contribution is 0.0938. The molecule has 166 valence electrons. The van der Waals surface area contributed by atoms with E-state index in [1.54, 1.807) is 29.2 Å². The van der Waals surface area contributed by atoms with E-state index in [4.69, 9.17) is 4.74 Å². The van der Waals surface area contributed by atoms with Crippen molar-refractivity contribution in [3.63, 3.8) is 0 Å². The fourth-order valence-electron chi connectivity index (χ4n) is 3.45. The number of carbonyl (C=O) groups is 2. The first-order chi connectivity index (χ1) is 15.0. The number of nitrogens with one attached hydrogen (secondary N) is 2. The van der Waals surface area contributed by atoms with Crippen LogP contribution in [-0.2, 0) is 0 Å². The zero-order valence-electron chi connectivity index (χ0n) is 17.9. The predicted octanol–water partition coefficient (Wildman–Crippen LogP) is 4.68. The number of ether oxygens (including phenoxy) is 1. The second-order valence-corrected chi connectivity index (χ2v) is 7.80. The molecule has 0 radical (unpaired) electrons. The minimum Gasteiger partial charge on any atom is -0.494 e. The Kier molecular flexibility index (Phi) is 8.27. The molecule has 1 heterocycles. The van der Waals surface area contributed by atoms with Crippen LogP contribution in [-0.4, -0.2) is 43.1 Å². The first-order valence-corrected chi connectivity index (χ1v) is 10.9. The first-order valence-electron chi connectivity index (χ1n) is 10.9. The summed E-state index contributed by atoms with van der Waals surface area (Å²) < 4.78 is 18.6. The highest BCUT2D eigenvalue weighted by Crippen LogP contribution is 2.19. The van der Waals surface area contributed by atoms with Gasteiger partial charge < -0.3 is 20.3 Å². The van der Waals surface area contributed by atoms with Gasteiger partial charge in [0.2, 0.25) is 0 Å². The molecule has 3 rings (SSSR count). The van der Waals surface area contributed by atoms with Gasteiger partial charge in [-0.15, -0.1) is 0 Å². The number of likely N-dealkylation sites (tertiary alicyclic amines) is 1. The second-order valence-electron chi connectivity index (χ2n) is 7.80. The Labute approximate surface area is 182 Å². The maximum atomic E-state index is 13.0. The highest BCUT2D eigenvalue weighted by atomic mass is 19.1. The van der Waals surface area contributed by atoms with Gasteiger partial charge in [0.1, 0.15) is 11.6 Å². The van der Waals surface area contributed by atoms with Gasteiger partial charge in [0.05, 0.1) is 6.61 Å². The molecule has 6 nitrogen and oxygen atoms in total. The number of carbonyl (C=O) groups excluding carboxylic acids is 2. The van der Waals surface area contributed by atoms with E-state index in [9.17, 15) is 14.0 Å². The Hall–Kier alpha value is -3.09. The van der Waals surface area contributed by atoms with E-state index in [1.165, 1.54) is 12.1 Å². The SMILES string of the molecule is CCCCOc1ccc(C(=O)NCC2CCN(C(=O)Nc3ccc(F)cc3)CC2)cc1. The lowest BCUT2D eigenvalue weighted by Gasteiger charge is -2.32. The summed E-state index contributed by atoms with van der Waals surface area (Å²) in [5, 5.41) is 5.78. The molecule has 0 aromatic heterocycles. The summed E-state index contributed by atoms with van der Waals surface area (Å²) in [6, 6.07) is 12.7. The molecule has 1 aliphatic heterocycles. The van der Waals surface area contributed by atoms with Crippen LogP contribution in [0, 0.1) is 11.7 Å². The van der Waals surface area contributed by atoms with Crippen molar-refractivity contribution in [2.75, 3.05) is 31.6 Å². The van der Waals surface area contributed by atoms with E-state index in [0.717, 1.165) is 31.4 Å². The Morgan fingerprint density at radius 3 is 2.39 bits per heavy atom. The van der Waals surface area contributed by atoms with Gasteiger partial charge >= 0.3 is 6.03 Å². The van der Waals surface area contributed by atoms with E-state index in [1.807, 2.05) is 12.1 Å². The van der Waals surface area contributed by atoms with E-state index in [2.05, 4.69) is 17.6 Å². The summed E-state index contributed by atoms with van der Waals surface area (Å²) in [5.41, 5.74) is 1.18. The van der Waals surface area contributed by atoms with Crippen LogP contribution < -0.4 is 15.4 Å². The molecular weight excluding hydrogens is 397 g/mol. The van der Waals surface area contributed by atoms with Gasteiger partial charge in [-0.2, -0.15) is 0 Å². The number of amides is 3. The molecule has 31 heavy (non-hydrogen) atoms. The van der Waals surface area contributed by atoms with E-state index in [-0.39, 0.29) is 17.8 Å². The maximum Gasteiger partial charge on any atom is 0.321 e. The first kappa shape index (κ1) is 22.6. The molecular formula is C24H30FN3O3. The number of unbranched alkanes of at least 4 members (excludes halogenated alkanes) is 1. The van der Waals surface area contributed by atoms with Crippen LogP contribution in [0.4, 0.5) is 14.9 Å². The number of halogens is 1. The average molecular weight is 428 g/mol. The van der Waals surface area contributed by atoms with Crippen molar-refractivity contribution in [2.24, 2.45) is 5.92 Å². The van der Waals surface area contributed by atoms with E-state index in [0.29, 0.717) is 43.4 Å². The lowest BCUT2D eigenvalue weighted by atomic mass is 9.97. The summed E-state index contributed by atoms with van der Waals surface area (Å²) >= 11 is 0. The van der Waals surface area contributed by atoms with Crippen LogP contribution >= 0.6 is 0 Å². The normalized spacial score (nSPS) is 14.2. The number of anilines is 1. The van der Waals surface area contributed by atoms with Crippen LogP contribution in [0.15, 0.2) is 48.5 Å². The van der Waals surface area contributed by atoms with Gasteiger partial charge in [-0.3, -0.25) is 4.79 Å². The van der Waals surface area contributed by atoms with Gasteiger partial charge in [0.25, 0.3) is 5.91 Å². The summed E-state index contributed by atoms with van der Waals surface area (Å²) in [6.45, 7) is 4.63. The Morgan fingerprint density at radius 2 is 1.74 bits per heavy atom. The van der Waals surface area contributed by atoms with E-state index < -0.39 is 0 Å². The monoisotopic (exact) mass is 427 g/mol. The third-order valence-electron chi connectivity index (χ3n) is 5.43. The molecule has 1 saturated heterocycles. The lowest BCUT2D eigenvalue weighted by Crippen LogP contribution is -2.43. The third kappa shape index (κ3) is 6.98. The molecule has 7 heteroatoms. The summed E-state index contributed by atoms with van der Waals surface area (Å²) in [4.78, 5) is 26.5. The molecule has 2 aromatic carbocycles. The number of hydrogen-bond donors (Lipinski definition) is 2. The number of piperidine rings is 1. The fourth-order valence-corrected chi connectivity index (χ4v) is 3.45. The van der Waals surface area contributed by atoms with E-state index >= 15 is 0 Å². The largest absolute Gasteiger partial charge is 0.494 e. The van der Waals surface area contributed by atoms with Crippen molar-refractivity contribution >= 4 is 17.6 Å². The minimum atomic E-state index is -0.336. The molecule has 2 N–H and O–H groups in total. The second kappa shape index (κ2) is 11.3. The average Bonchev–Trinajstić information content (AvgIpc) is 2.80. The maximum absolute atomic E-state index is 13.0. The zero-order valence-corrected chi connectivity index (χ0v) is 17.9. The number of hydrogen-bond acceptors (Lipinski definition) is 3. The summed E-state index contributed by atoms with van der Waals surface area (Å²) in [5.74, 6) is 0.667. The van der Waals surface area contributed by atoms with Crippen molar-refractivity contribution in [1.29, 1.82) is 0 Å². The highest BCUT2D eigenvalue weighted by Gasteiger charge is 2.23. The number of benzene rings is 2. The Bertz CT molecular complexity index is 847. The van der Waals surface area contributed by atoms with Crippen LogP contribution in [0.5, 0.6) is 5.75 Å². The topological polar surface area (TPSA) is 70.7 Å². The molecule has 0 bridgehead atoms. The molecule has 0 aliphatic carbocycles. The standard InChI is InChI=1S/C24H30FN3O3/c1-2-3-16-31-22-10-4-19(5-11-22)23(29)26-17-18-12-14-28(15-13-18)24(30)27-21-8-6-20(25)7-9-21/h4-11,18H,2-3,12-17H2,1H3,(H,26,29)(H,27,30). The van der Waals surface area contributed by atoms with Crippen molar-refractivity contribution in [3.8, 4) is 5.75 Å². The molecule has 0 saturated carbocycles. The molecule has 0 unspecified atom stereocenters. The van der Waals surface area contributed by atoms with Gasteiger partial charge in [0, 0.05) is 30.9 Å². The van der Waals surface area contributed by atoms with Crippen LogP contribution in [0.25, 0.3) is 0 Å². The molecule has 3 amide bonds. The minimum absolute atomic E-state index is 0.100. The molecule has 1 aliphatic rings.